The van der Waals surface area contributed by atoms with Crippen molar-refractivity contribution < 1.29 is 23.9 Å². The molecule has 0 radical (unpaired) electrons. The van der Waals surface area contributed by atoms with Gasteiger partial charge in [0, 0.05) is 5.56 Å². The van der Waals surface area contributed by atoms with E-state index in [1.165, 1.54) is 19.2 Å². The van der Waals surface area contributed by atoms with Crippen molar-refractivity contribution in [3.63, 3.8) is 0 Å². The predicted octanol–water partition coefficient (Wildman–Crippen LogP) is 1.98. The van der Waals surface area contributed by atoms with Crippen molar-refractivity contribution in [1.82, 2.24) is 5.01 Å². The van der Waals surface area contributed by atoms with Gasteiger partial charge in [0.15, 0.2) is 12.1 Å². The second-order valence-electron chi connectivity index (χ2n) is 6.56. The molecule has 4 rings (SSSR count). The fraction of sp³-hybridized carbons (Fsp3) is 0.250. The molecule has 0 spiro atoms. The molecular weight excluding hydrogens is 376 g/mol. The Kier molecular flexibility index (Phi) is 4.71. The Labute approximate surface area is 166 Å². The fourth-order valence-corrected chi connectivity index (χ4v) is 3.51. The summed E-state index contributed by atoms with van der Waals surface area (Å²) < 4.78 is 10.1. The zero-order chi connectivity index (χ0) is 20.5. The van der Waals surface area contributed by atoms with Gasteiger partial charge >= 0.3 is 5.97 Å². The number of para-hydroxylation sites is 1. The number of fused-ring (bicyclic) bond motifs is 1. The lowest BCUT2D eigenvalue weighted by molar-refractivity contribution is -0.123. The molecule has 2 aromatic carbocycles. The van der Waals surface area contributed by atoms with Crippen molar-refractivity contribution in [1.29, 1.82) is 0 Å². The first-order valence-corrected chi connectivity index (χ1v) is 8.90. The number of hydrogen-bond acceptors (Lipinski definition) is 8. The molecule has 1 saturated heterocycles. The summed E-state index contributed by atoms with van der Waals surface area (Å²) in [5.74, 6) is -0.766. The van der Waals surface area contributed by atoms with Gasteiger partial charge in [0.2, 0.25) is 0 Å². The first kappa shape index (κ1) is 18.6. The molecule has 0 bridgehead atoms. The van der Waals surface area contributed by atoms with Crippen LogP contribution in [0.25, 0.3) is 0 Å². The SMILES string of the molecule is COC(=O)c1ccc(OC)c(CN2N=NC3C(=O)N(c4ccccc4)C(=O)C32)c1. The van der Waals surface area contributed by atoms with Crippen LogP contribution >= 0.6 is 0 Å². The summed E-state index contributed by atoms with van der Waals surface area (Å²) in [6, 6.07) is 11.8. The van der Waals surface area contributed by atoms with E-state index in [-0.39, 0.29) is 12.5 Å². The van der Waals surface area contributed by atoms with E-state index in [0.717, 1.165) is 4.90 Å². The van der Waals surface area contributed by atoms with E-state index in [1.807, 2.05) is 6.07 Å². The van der Waals surface area contributed by atoms with E-state index in [1.54, 1.807) is 42.5 Å². The number of carbonyl (C=O) groups is 3. The van der Waals surface area contributed by atoms with Gasteiger partial charge in [0.05, 0.1) is 32.0 Å². The molecule has 9 heteroatoms. The highest BCUT2D eigenvalue weighted by Gasteiger charge is 2.54. The van der Waals surface area contributed by atoms with Crippen molar-refractivity contribution in [2.75, 3.05) is 19.1 Å². The Morgan fingerprint density at radius 1 is 1.07 bits per heavy atom. The first-order chi connectivity index (χ1) is 14.0. The van der Waals surface area contributed by atoms with Gasteiger partial charge in [-0.25, -0.2) is 9.69 Å². The van der Waals surface area contributed by atoms with Crippen molar-refractivity contribution >= 4 is 23.5 Å². The van der Waals surface area contributed by atoms with Crippen molar-refractivity contribution in [2.24, 2.45) is 10.3 Å². The third-order valence-corrected chi connectivity index (χ3v) is 4.91. The zero-order valence-corrected chi connectivity index (χ0v) is 15.8. The Balaban J connectivity index is 1.62. The lowest BCUT2D eigenvalue weighted by Crippen LogP contribution is -2.39. The lowest BCUT2D eigenvalue weighted by atomic mass is 10.1. The number of carbonyl (C=O) groups excluding carboxylic acids is 3. The maximum Gasteiger partial charge on any atom is 0.337 e. The van der Waals surface area contributed by atoms with Crippen LogP contribution in [0, 0.1) is 0 Å². The second-order valence-corrected chi connectivity index (χ2v) is 6.56. The molecule has 29 heavy (non-hydrogen) atoms. The number of benzene rings is 2. The van der Waals surface area contributed by atoms with E-state index < -0.39 is 24.0 Å². The molecule has 148 valence electrons. The summed E-state index contributed by atoms with van der Waals surface area (Å²) in [5.41, 5.74) is 1.46. The summed E-state index contributed by atoms with van der Waals surface area (Å²) in [7, 11) is 2.80. The van der Waals surface area contributed by atoms with Crippen LogP contribution < -0.4 is 9.64 Å². The fourth-order valence-electron chi connectivity index (χ4n) is 3.51. The average Bonchev–Trinajstić information content (AvgIpc) is 3.27. The minimum Gasteiger partial charge on any atom is -0.496 e. The Morgan fingerprint density at radius 3 is 2.52 bits per heavy atom. The van der Waals surface area contributed by atoms with Gasteiger partial charge in [-0.1, -0.05) is 23.4 Å². The smallest absolute Gasteiger partial charge is 0.337 e. The van der Waals surface area contributed by atoms with Gasteiger partial charge in [0.1, 0.15) is 5.75 Å². The Morgan fingerprint density at radius 2 is 1.83 bits per heavy atom. The molecule has 0 saturated carbocycles. The molecule has 2 aromatic rings. The highest BCUT2D eigenvalue weighted by atomic mass is 16.5. The van der Waals surface area contributed by atoms with Crippen molar-refractivity contribution in [2.45, 2.75) is 18.6 Å². The number of methoxy groups -OCH3 is 2. The van der Waals surface area contributed by atoms with E-state index in [9.17, 15) is 14.4 Å². The molecule has 9 nitrogen and oxygen atoms in total. The Hall–Kier alpha value is -3.75. The molecule has 2 aliphatic heterocycles. The molecule has 2 unspecified atom stereocenters. The number of imide groups is 1. The maximum atomic E-state index is 13.0. The molecule has 1 fully saturated rings. The lowest BCUT2D eigenvalue weighted by Gasteiger charge is -2.21. The number of hydrogen-bond donors (Lipinski definition) is 0. The summed E-state index contributed by atoms with van der Waals surface area (Å²) in [4.78, 5) is 38.7. The third-order valence-electron chi connectivity index (χ3n) is 4.91. The zero-order valence-electron chi connectivity index (χ0n) is 15.8. The van der Waals surface area contributed by atoms with E-state index in [4.69, 9.17) is 9.47 Å². The normalized spacial score (nSPS) is 20.2. The van der Waals surface area contributed by atoms with Gasteiger partial charge in [-0.3, -0.25) is 14.6 Å². The maximum absolute atomic E-state index is 13.0. The van der Waals surface area contributed by atoms with Gasteiger partial charge in [-0.15, -0.1) is 0 Å². The average molecular weight is 394 g/mol. The summed E-state index contributed by atoms with van der Waals surface area (Å²) in [6.07, 6.45) is 0. The monoisotopic (exact) mass is 394 g/mol. The van der Waals surface area contributed by atoms with Gasteiger partial charge in [-0.2, -0.15) is 5.11 Å². The van der Waals surface area contributed by atoms with E-state index in [0.29, 0.717) is 22.6 Å². The minimum absolute atomic E-state index is 0.139. The molecule has 2 aliphatic rings. The predicted molar refractivity (Wildman–Crippen MR) is 101 cm³/mol. The van der Waals surface area contributed by atoms with Crippen LogP contribution in [-0.4, -0.2) is 49.1 Å². The number of amides is 2. The molecule has 2 heterocycles. The Bertz CT molecular complexity index is 1010. The standard InChI is InChI=1S/C20H18N4O5/c1-28-15-9-8-12(20(27)29-2)10-13(15)11-23-17-16(21-22-23)18(25)24(19(17)26)14-6-4-3-5-7-14/h3-10,16-17H,11H2,1-2H3. The van der Waals surface area contributed by atoms with Crippen molar-refractivity contribution in [3.8, 4) is 5.75 Å². The van der Waals surface area contributed by atoms with Crippen LogP contribution in [-0.2, 0) is 20.9 Å². The highest BCUT2D eigenvalue weighted by molar-refractivity contribution is 6.25. The molecule has 0 N–H and O–H groups in total. The second kappa shape index (κ2) is 7.34. The van der Waals surface area contributed by atoms with Crippen LogP contribution in [0.2, 0.25) is 0 Å². The summed E-state index contributed by atoms with van der Waals surface area (Å²) in [6.45, 7) is 0.139. The van der Waals surface area contributed by atoms with Crippen LogP contribution in [0.5, 0.6) is 5.75 Å². The van der Waals surface area contributed by atoms with Crippen molar-refractivity contribution in [3.05, 3.63) is 59.7 Å². The largest absolute Gasteiger partial charge is 0.496 e. The number of rotatable bonds is 5. The molecule has 0 aromatic heterocycles. The van der Waals surface area contributed by atoms with E-state index >= 15 is 0 Å². The minimum atomic E-state index is -0.891. The molecule has 0 aliphatic carbocycles. The van der Waals surface area contributed by atoms with Gasteiger partial charge in [0.25, 0.3) is 11.8 Å². The highest BCUT2D eigenvalue weighted by Crippen LogP contribution is 2.34. The number of nitrogens with zero attached hydrogens (tertiary/aromatic N) is 4. The van der Waals surface area contributed by atoms with Crippen LogP contribution in [0.1, 0.15) is 15.9 Å². The molecular formula is C20H18N4O5. The third kappa shape index (κ3) is 3.10. The van der Waals surface area contributed by atoms with Crippen LogP contribution in [0.4, 0.5) is 5.69 Å². The van der Waals surface area contributed by atoms with Gasteiger partial charge < -0.3 is 9.47 Å². The van der Waals surface area contributed by atoms with Crippen LogP contribution in [0.15, 0.2) is 58.9 Å². The topological polar surface area (TPSA) is 101 Å². The summed E-state index contributed by atoms with van der Waals surface area (Å²) in [5, 5.41) is 9.50. The molecule has 2 atom stereocenters. The number of ether oxygens (including phenoxy) is 2. The number of anilines is 1. The van der Waals surface area contributed by atoms with E-state index in [2.05, 4.69) is 10.3 Å². The number of esters is 1. The quantitative estimate of drug-likeness (QED) is 0.568. The molecule has 2 amide bonds. The van der Waals surface area contributed by atoms with Gasteiger partial charge in [-0.05, 0) is 30.3 Å². The van der Waals surface area contributed by atoms with Crippen LogP contribution in [0.3, 0.4) is 0 Å². The first-order valence-electron chi connectivity index (χ1n) is 8.90. The summed E-state index contributed by atoms with van der Waals surface area (Å²) >= 11 is 0.